The molecule has 0 aliphatic carbocycles. The first-order valence-corrected chi connectivity index (χ1v) is 12.8. The van der Waals surface area contributed by atoms with E-state index in [1.165, 1.54) is 17.8 Å². The predicted molar refractivity (Wildman–Crippen MR) is 140 cm³/mol. The number of fused-ring (bicyclic) bond motifs is 1. The third-order valence-corrected chi connectivity index (χ3v) is 7.14. The van der Waals surface area contributed by atoms with Crippen LogP contribution >= 0.6 is 11.8 Å². The number of benzene rings is 2. The molecule has 4 aromatic rings. The lowest BCUT2D eigenvalue weighted by molar-refractivity contribution is -0.130. The van der Waals surface area contributed by atoms with E-state index in [2.05, 4.69) is 15.2 Å². The SMILES string of the molecule is CCc1cc(=O)[nH]c2nnc(SCC(=O)N3N=C(c4ccc(OC)cc4)CC3c3ccc(OC)cc3)n12. The van der Waals surface area contributed by atoms with Gasteiger partial charge in [-0.3, -0.25) is 19.0 Å². The molecule has 1 atom stereocenters. The van der Waals surface area contributed by atoms with Crippen molar-refractivity contribution < 1.29 is 14.3 Å². The van der Waals surface area contributed by atoms with Crippen LogP contribution < -0.4 is 15.0 Å². The summed E-state index contributed by atoms with van der Waals surface area (Å²) in [6, 6.07) is 16.6. The number of aromatic amines is 1. The Morgan fingerprint density at radius 3 is 2.38 bits per heavy atom. The number of methoxy groups -OCH3 is 2. The smallest absolute Gasteiger partial charge is 0.253 e. The summed E-state index contributed by atoms with van der Waals surface area (Å²) in [6.45, 7) is 1.95. The highest BCUT2D eigenvalue weighted by molar-refractivity contribution is 7.99. The third-order valence-electron chi connectivity index (χ3n) is 6.23. The molecule has 2 aromatic carbocycles. The van der Waals surface area contributed by atoms with Gasteiger partial charge in [-0.2, -0.15) is 5.10 Å². The van der Waals surface area contributed by atoms with Gasteiger partial charge < -0.3 is 9.47 Å². The minimum absolute atomic E-state index is 0.106. The van der Waals surface area contributed by atoms with Crippen LogP contribution in [-0.2, 0) is 11.2 Å². The van der Waals surface area contributed by atoms with Crippen LogP contribution in [0, 0.1) is 0 Å². The topological polar surface area (TPSA) is 114 Å². The number of hydrogen-bond donors (Lipinski definition) is 1. The standard InChI is InChI=1S/C26H26N6O4S/c1-4-18-13-23(33)27-25-28-29-26(31(18)25)37-15-24(34)32-22(17-7-11-20(36-3)12-8-17)14-21(30-32)16-5-9-19(35-2)10-6-16/h5-13,22H,4,14-15H2,1-3H3,(H,27,28,33). The van der Waals surface area contributed by atoms with Gasteiger partial charge in [-0.05, 0) is 53.9 Å². The van der Waals surface area contributed by atoms with Gasteiger partial charge in [0, 0.05) is 18.2 Å². The predicted octanol–water partition coefficient (Wildman–Crippen LogP) is 3.47. The van der Waals surface area contributed by atoms with Crippen molar-refractivity contribution in [3.63, 3.8) is 0 Å². The van der Waals surface area contributed by atoms with Crippen molar-refractivity contribution in [3.05, 3.63) is 81.8 Å². The van der Waals surface area contributed by atoms with Crippen molar-refractivity contribution >= 4 is 29.2 Å². The van der Waals surface area contributed by atoms with Crippen molar-refractivity contribution in [2.45, 2.75) is 31.0 Å². The first-order chi connectivity index (χ1) is 18.0. The highest BCUT2D eigenvalue weighted by Gasteiger charge is 2.33. The number of rotatable bonds is 8. The van der Waals surface area contributed by atoms with Crippen LogP contribution in [-0.4, -0.2) is 56.2 Å². The summed E-state index contributed by atoms with van der Waals surface area (Å²) < 4.78 is 12.3. The summed E-state index contributed by atoms with van der Waals surface area (Å²) in [6.07, 6.45) is 1.20. The molecule has 1 aliphatic heterocycles. The molecule has 0 saturated carbocycles. The zero-order valence-electron chi connectivity index (χ0n) is 20.7. The van der Waals surface area contributed by atoms with Gasteiger partial charge in [-0.1, -0.05) is 30.8 Å². The van der Waals surface area contributed by atoms with Crippen LogP contribution in [0.15, 0.2) is 69.6 Å². The number of ether oxygens (including phenoxy) is 2. The molecule has 1 N–H and O–H groups in total. The Morgan fingerprint density at radius 2 is 1.73 bits per heavy atom. The average Bonchev–Trinajstić information content (AvgIpc) is 3.56. The second kappa shape index (κ2) is 10.5. The molecule has 0 spiro atoms. The van der Waals surface area contributed by atoms with Crippen LogP contribution in [0.25, 0.3) is 5.78 Å². The maximum atomic E-state index is 13.5. The summed E-state index contributed by atoms with van der Waals surface area (Å²) in [5, 5.41) is 15.1. The number of amides is 1. The number of H-pyrrole nitrogens is 1. The zero-order valence-corrected chi connectivity index (χ0v) is 21.5. The number of hydrazone groups is 1. The summed E-state index contributed by atoms with van der Waals surface area (Å²) in [4.78, 5) is 28.1. The molecule has 5 rings (SSSR count). The quantitative estimate of drug-likeness (QED) is 0.355. The molecule has 3 heterocycles. The Balaban J connectivity index is 1.42. The lowest BCUT2D eigenvalue weighted by atomic mass is 9.98. The van der Waals surface area contributed by atoms with Crippen LogP contribution in [0.1, 0.15) is 36.2 Å². The molecule has 37 heavy (non-hydrogen) atoms. The van der Waals surface area contributed by atoms with Crippen LogP contribution in [0.5, 0.6) is 11.5 Å². The number of aryl methyl sites for hydroxylation is 1. The Morgan fingerprint density at radius 1 is 1.05 bits per heavy atom. The van der Waals surface area contributed by atoms with Crippen molar-refractivity contribution in [1.29, 1.82) is 0 Å². The van der Waals surface area contributed by atoms with E-state index in [4.69, 9.17) is 14.6 Å². The molecule has 10 nitrogen and oxygen atoms in total. The molecule has 11 heteroatoms. The fraction of sp³-hybridized carbons (Fsp3) is 0.269. The molecule has 0 bridgehead atoms. The largest absolute Gasteiger partial charge is 0.497 e. The summed E-state index contributed by atoms with van der Waals surface area (Å²) in [5.41, 5.74) is 3.26. The van der Waals surface area contributed by atoms with Crippen molar-refractivity contribution in [2.75, 3.05) is 20.0 Å². The lowest BCUT2D eigenvalue weighted by Crippen LogP contribution is -2.28. The van der Waals surface area contributed by atoms with E-state index >= 15 is 0 Å². The maximum Gasteiger partial charge on any atom is 0.253 e. The Hall–Kier alpha value is -4.12. The molecule has 190 valence electrons. The monoisotopic (exact) mass is 518 g/mol. The van der Waals surface area contributed by atoms with E-state index in [9.17, 15) is 9.59 Å². The maximum absolute atomic E-state index is 13.5. The first kappa shape index (κ1) is 24.6. The minimum Gasteiger partial charge on any atom is -0.497 e. The summed E-state index contributed by atoms with van der Waals surface area (Å²) >= 11 is 1.26. The fourth-order valence-corrected chi connectivity index (χ4v) is 5.12. The minimum atomic E-state index is -0.256. The highest BCUT2D eigenvalue weighted by Crippen LogP contribution is 2.34. The number of nitrogens with one attached hydrogen (secondary N) is 1. The number of carbonyl (C=O) groups is 1. The molecule has 0 saturated heterocycles. The first-order valence-electron chi connectivity index (χ1n) is 11.8. The Bertz CT molecular complexity index is 1510. The van der Waals surface area contributed by atoms with Crippen LogP contribution in [0.4, 0.5) is 0 Å². The third kappa shape index (κ3) is 4.94. The van der Waals surface area contributed by atoms with Crippen molar-refractivity contribution in [2.24, 2.45) is 5.10 Å². The van der Waals surface area contributed by atoms with Gasteiger partial charge in [0.2, 0.25) is 5.78 Å². The number of aromatic nitrogens is 4. The number of nitrogens with zero attached hydrogens (tertiary/aromatic N) is 5. The van der Waals surface area contributed by atoms with E-state index in [1.54, 1.807) is 23.6 Å². The summed E-state index contributed by atoms with van der Waals surface area (Å²) in [5.74, 6) is 1.81. The average molecular weight is 519 g/mol. The number of hydrogen-bond acceptors (Lipinski definition) is 8. The van der Waals surface area contributed by atoms with E-state index in [0.29, 0.717) is 23.8 Å². The van der Waals surface area contributed by atoms with Gasteiger partial charge in [-0.15, -0.1) is 10.2 Å². The van der Waals surface area contributed by atoms with Crippen molar-refractivity contribution in [3.8, 4) is 11.5 Å². The molecule has 0 radical (unpaired) electrons. The lowest BCUT2D eigenvalue weighted by Gasteiger charge is -2.22. The number of thioether (sulfide) groups is 1. The molecular formula is C26H26N6O4S. The zero-order chi connectivity index (χ0) is 25.9. The van der Waals surface area contributed by atoms with E-state index in [0.717, 1.165) is 34.0 Å². The van der Waals surface area contributed by atoms with E-state index < -0.39 is 0 Å². The molecular weight excluding hydrogens is 492 g/mol. The van der Waals surface area contributed by atoms with Crippen molar-refractivity contribution in [1.82, 2.24) is 24.6 Å². The van der Waals surface area contributed by atoms with Gasteiger partial charge in [0.15, 0.2) is 5.16 Å². The molecule has 2 aromatic heterocycles. The number of carbonyl (C=O) groups excluding carboxylic acids is 1. The van der Waals surface area contributed by atoms with Gasteiger partial charge in [0.25, 0.3) is 11.5 Å². The normalized spacial score (nSPS) is 15.2. The molecule has 1 amide bonds. The van der Waals surface area contributed by atoms with E-state index in [1.807, 2.05) is 55.5 Å². The van der Waals surface area contributed by atoms with Gasteiger partial charge in [0.05, 0.1) is 31.7 Å². The molecule has 0 fully saturated rings. The van der Waals surface area contributed by atoms with Gasteiger partial charge in [-0.25, -0.2) is 5.01 Å². The fourth-order valence-electron chi connectivity index (χ4n) is 4.30. The van der Waals surface area contributed by atoms with Crippen LogP contribution in [0.3, 0.4) is 0 Å². The second-order valence-electron chi connectivity index (χ2n) is 8.42. The molecule has 1 unspecified atom stereocenters. The van der Waals surface area contributed by atoms with Crippen LogP contribution in [0.2, 0.25) is 0 Å². The van der Waals surface area contributed by atoms with E-state index in [-0.39, 0.29) is 23.3 Å². The Kier molecular flexibility index (Phi) is 6.95. The Labute approximate surface area is 217 Å². The second-order valence-corrected chi connectivity index (χ2v) is 9.36. The highest BCUT2D eigenvalue weighted by atomic mass is 32.2. The van der Waals surface area contributed by atoms with Gasteiger partial charge in [0.1, 0.15) is 11.5 Å². The summed E-state index contributed by atoms with van der Waals surface area (Å²) in [7, 11) is 3.25. The van der Waals surface area contributed by atoms with Gasteiger partial charge >= 0.3 is 0 Å². The molecule has 1 aliphatic rings.